The summed E-state index contributed by atoms with van der Waals surface area (Å²) in [5.74, 6) is 0. The maximum absolute atomic E-state index is 0. The zero-order chi connectivity index (χ0) is 0. The summed E-state index contributed by atoms with van der Waals surface area (Å²) >= 11 is 0. The molecule has 0 spiro atoms. The summed E-state index contributed by atoms with van der Waals surface area (Å²) in [5, 5.41) is 0. The first-order valence-electron chi connectivity index (χ1n) is 0. The first-order chi connectivity index (χ1) is 0. The van der Waals surface area contributed by atoms with E-state index >= 15 is 0 Å². The molecule has 5 heteroatoms. The Bertz CT molecular complexity index is 3.61. The molecule has 0 fully saturated rings. The number of rotatable bonds is 0. The van der Waals surface area contributed by atoms with Crippen molar-refractivity contribution in [1.29, 1.82) is 0 Å². The van der Waals surface area contributed by atoms with E-state index < -0.39 is 0 Å². The Balaban J connectivity index is 0. The van der Waals surface area contributed by atoms with Crippen LogP contribution in [-0.2, 0) is 20.1 Å². The van der Waals surface area contributed by atoms with Gasteiger partial charge in [0.25, 0.3) is 0 Å². The van der Waals surface area contributed by atoms with Gasteiger partial charge in [-0.15, -0.1) is 0 Å². The molecule has 0 rings (SSSR count). The molecule has 0 aromatic heterocycles. The normalized spacial score (nSPS) is 0. The molecule has 0 aliphatic carbocycles. The Morgan fingerprint density at radius 1 is 0.400 bits per heavy atom. The second-order valence-corrected chi connectivity index (χ2v) is 0. The smallest absolute Gasteiger partial charge is 0 e. The van der Waals surface area contributed by atoms with E-state index in [1.165, 1.54) is 0 Å². The molecule has 0 unspecified atom stereocenters. The minimum Gasteiger partial charge on any atom is 0 e. The van der Waals surface area contributed by atoms with Crippen LogP contribution in [0, 0.1) is 142 Å². The standard InChI is InChI=1S/Ir.4La. The van der Waals surface area contributed by atoms with Gasteiger partial charge < -0.3 is 0 Å². The van der Waals surface area contributed by atoms with Crippen LogP contribution in [0.5, 0.6) is 0 Å². The van der Waals surface area contributed by atoms with Crippen LogP contribution in [-0.4, -0.2) is 0 Å². The van der Waals surface area contributed by atoms with Gasteiger partial charge in [0, 0.05) is 163 Å². The molecule has 5 radical (unpaired) electrons. The van der Waals surface area contributed by atoms with Gasteiger partial charge in [0.05, 0.1) is 0 Å². The van der Waals surface area contributed by atoms with Gasteiger partial charge in [-0.3, -0.25) is 0 Å². The van der Waals surface area contributed by atoms with Crippen LogP contribution >= 0.6 is 0 Å². The molecule has 0 aromatic rings. The molecule has 0 atom stereocenters. The minimum atomic E-state index is 0. The van der Waals surface area contributed by atoms with Crippen LogP contribution in [0.4, 0.5) is 0 Å². The third-order valence-corrected chi connectivity index (χ3v) is 0. The monoisotopic (exact) mass is 749 g/mol. The van der Waals surface area contributed by atoms with E-state index in [0.29, 0.717) is 0 Å². The molecule has 0 heterocycles. The molecular formula is IrLa4. The molecule has 0 N–H and O–H groups in total. The van der Waals surface area contributed by atoms with Crippen molar-refractivity contribution in [2.24, 2.45) is 0 Å². The third-order valence-electron chi connectivity index (χ3n) is 0. The molecule has 0 saturated heterocycles. The molecule has 5 heavy (non-hydrogen) atoms. The van der Waals surface area contributed by atoms with Gasteiger partial charge >= 0.3 is 0 Å². The van der Waals surface area contributed by atoms with Crippen LogP contribution in [0.1, 0.15) is 0 Å². The van der Waals surface area contributed by atoms with Crippen molar-refractivity contribution >= 4 is 0 Å². The quantitative estimate of drug-likeness (QED) is 0.328. The van der Waals surface area contributed by atoms with E-state index in [1.807, 2.05) is 0 Å². The Labute approximate surface area is 157 Å². The molecule has 21 valence electrons. The molecule has 0 aromatic carbocycles. The Kier molecular flexibility index (Phi) is 143. The Hall–Kier alpha value is 5.43. The summed E-state index contributed by atoms with van der Waals surface area (Å²) in [6, 6.07) is 0. The maximum atomic E-state index is 0. The predicted octanol–water partition coefficient (Wildman–Crippen LogP) is -0.00250. The van der Waals surface area contributed by atoms with Crippen molar-refractivity contribution in [2.75, 3.05) is 0 Å². The average molecular weight is 748 g/mol. The minimum absolute atomic E-state index is 0. The van der Waals surface area contributed by atoms with E-state index in [1.54, 1.807) is 0 Å². The van der Waals surface area contributed by atoms with Crippen LogP contribution in [0.2, 0.25) is 0 Å². The average Bonchev–Trinajstić information content (AvgIpc) is 0. The van der Waals surface area contributed by atoms with Gasteiger partial charge in [0.1, 0.15) is 0 Å². The summed E-state index contributed by atoms with van der Waals surface area (Å²) in [7, 11) is 0. The van der Waals surface area contributed by atoms with E-state index in [2.05, 4.69) is 0 Å². The first-order valence-corrected chi connectivity index (χ1v) is 0. The van der Waals surface area contributed by atoms with Gasteiger partial charge in [-0.2, -0.15) is 0 Å². The zero-order valence-corrected chi connectivity index (χ0v) is 19.5. The first kappa shape index (κ1) is 31.5. The molecular weight excluding hydrogens is 748 g/mol. The van der Waals surface area contributed by atoms with E-state index in [4.69, 9.17) is 0 Å². The topological polar surface area (TPSA) is 0 Å². The molecule has 0 amide bonds. The second kappa shape index (κ2) is 22.7. The predicted molar refractivity (Wildman–Crippen MR) is 0 cm³/mol. The summed E-state index contributed by atoms with van der Waals surface area (Å²) < 4.78 is 0. The van der Waals surface area contributed by atoms with Gasteiger partial charge in [-0.05, 0) is 0 Å². The van der Waals surface area contributed by atoms with Crippen LogP contribution in [0.25, 0.3) is 0 Å². The van der Waals surface area contributed by atoms with Crippen molar-refractivity contribution in [3.8, 4) is 0 Å². The van der Waals surface area contributed by atoms with Gasteiger partial charge in [-0.1, -0.05) is 0 Å². The van der Waals surface area contributed by atoms with Crippen molar-refractivity contribution in [3.63, 3.8) is 0 Å². The largest absolute Gasteiger partial charge is 0 e. The van der Waals surface area contributed by atoms with Crippen LogP contribution in [0.15, 0.2) is 0 Å². The van der Waals surface area contributed by atoms with Crippen molar-refractivity contribution < 1.29 is 163 Å². The molecule has 0 aliphatic heterocycles. The van der Waals surface area contributed by atoms with Crippen molar-refractivity contribution in [3.05, 3.63) is 0 Å². The van der Waals surface area contributed by atoms with Gasteiger partial charge in [-0.25, -0.2) is 0 Å². The SMILES string of the molecule is [Ir].[La].[La].[La].[La]. The molecule has 0 saturated carbocycles. The summed E-state index contributed by atoms with van der Waals surface area (Å²) in [6.45, 7) is 0. The van der Waals surface area contributed by atoms with Crippen molar-refractivity contribution in [1.82, 2.24) is 0 Å². The molecule has 0 bridgehead atoms. The maximum Gasteiger partial charge on any atom is 0 e. The fourth-order valence-electron chi connectivity index (χ4n) is 0. The van der Waals surface area contributed by atoms with E-state index in [0.717, 1.165) is 0 Å². The number of hydrogen-bond acceptors (Lipinski definition) is 0. The fourth-order valence-corrected chi connectivity index (χ4v) is 0. The van der Waals surface area contributed by atoms with Gasteiger partial charge in [0.2, 0.25) is 0 Å². The molecule has 0 nitrogen and oxygen atoms in total. The van der Waals surface area contributed by atoms with Gasteiger partial charge in [0.15, 0.2) is 0 Å². The van der Waals surface area contributed by atoms with Crippen LogP contribution < -0.4 is 0 Å². The summed E-state index contributed by atoms with van der Waals surface area (Å²) in [6.07, 6.45) is 0. The second-order valence-electron chi connectivity index (χ2n) is 0. The van der Waals surface area contributed by atoms with E-state index in [-0.39, 0.29) is 163 Å². The van der Waals surface area contributed by atoms with Crippen LogP contribution in [0.3, 0.4) is 0 Å². The number of hydrogen-bond donors (Lipinski definition) is 0. The zero-order valence-electron chi connectivity index (χ0n) is 2.64. The molecule has 0 aliphatic rings. The Morgan fingerprint density at radius 2 is 0.400 bits per heavy atom. The summed E-state index contributed by atoms with van der Waals surface area (Å²) in [4.78, 5) is 0. The van der Waals surface area contributed by atoms with E-state index in [9.17, 15) is 0 Å². The van der Waals surface area contributed by atoms with Crippen molar-refractivity contribution in [2.45, 2.75) is 0 Å². The fraction of sp³-hybridized carbons (Fsp3) is 0. The summed E-state index contributed by atoms with van der Waals surface area (Å²) in [5.41, 5.74) is 0. The Morgan fingerprint density at radius 3 is 0.400 bits per heavy atom. The third kappa shape index (κ3) is 17.7.